The Bertz CT molecular complexity index is 1100. The van der Waals surface area contributed by atoms with Crippen LogP contribution < -0.4 is 5.32 Å². The molecule has 0 radical (unpaired) electrons. The SMILES string of the molecule is CN1C(=N)N[C@](C)(c2cc(-c3cncnc3)cs2)[C@H](C2CCN(S(C)(=O)=O)CC2)C1=O. The van der Waals surface area contributed by atoms with E-state index in [9.17, 15) is 13.2 Å². The molecule has 2 aromatic rings. The van der Waals surface area contributed by atoms with Crippen LogP contribution in [0.2, 0.25) is 0 Å². The molecule has 9 nitrogen and oxygen atoms in total. The van der Waals surface area contributed by atoms with Gasteiger partial charge in [0.25, 0.3) is 0 Å². The number of nitrogens with one attached hydrogen (secondary N) is 2. The highest BCUT2D eigenvalue weighted by Gasteiger charge is 2.52. The van der Waals surface area contributed by atoms with E-state index in [-0.39, 0.29) is 17.8 Å². The van der Waals surface area contributed by atoms with Crippen LogP contribution in [0.4, 0.5) is 0 Å². The minimum atomic E-state index is -3.24. The number of nitrogens with zero attached hydrogens (tertiary/aromatic N) is 4. The number of hydrogen-bond donors (Lipinski definition) is 2. The Kier molecular flexibility index (Phi) is 5.61. The van der Waals surface area contributed by atoms with Crippen molar-refractivity contribution in [2.45, 2.75) is 25.3 Å². The monoisotopic (exact) mass is 462 g/mol. The molecular weight excluding hydrogens is 436 g/mol. The third kappa shape index (κ3) is 3.97. The number of aromatic nitrogens is 2. The van der Waals surface area contributed by atoms with Gasteiger partial charge in [0.05, 0.1) is 17.7 Å². The number of piperidine rings is 1. The lowest BCUT2D eigenvalue weighted by atomic mass is 9.70. The van der Waals surface area contributed by atoms with Gasteiger partial charge in [0, 0.05) is 43.0 Å². The van der Waals surface area contributed by atoms with Crippen molar-refractivity contribution in [1.82, 2.24) is 24.5 Å². The molecule has 4 heterocycles. The second-order valence-electron chi connectivity index (χ2n) is 8.38. The minimum Gasteiger partial charge on any atom is -0.345 e. The van der Waals surface area contributed by atoms with E-state index in [4.69, 9.17) is 5.41 Å². The molecule has 0 unspecified atom stereocenters. The Hall–Kier alpha value is -2.37. The van der Waals surface area contributed by atoms with Crippen LogP contribution >= 0.6 is 11.3 Å². The lowest BCUT2D eigenvalue weighted by Gasteiger charge is -2.49. The van der Waals surface area contributed by atoms with E-state index in [1.807, 2.05) is 18.4 Å². The molecule has 2 aromatic heterocycles. The molecule has 2 N–H and O–H groups in total. The van der Waals surface area contributed by atoms with Gasteiger partial charge in [-0.25, -0.2) is 22.7 Å². The first-order chi connectivity index (χ1) is 14.6. The van der Waals surface area contributed by atoms with Gasteiger partial charge in [-0.2, -0.15) is 0 Å². The summed E-state index contributed by atoms with van der Waals surface area (Å²) in [6.07, 6.45) is 7.40. The first-order valence-corrected chi connectivity index (χ1v) is 12.8. The fraction of sp³-hybridized carbons (Fsp3) is 0.500. The fourth-order valence-electron chi connectivity index (χ4n) is 4.61. The van der Waals surface area contributed by atoms with E-state index in [1.165, 1.54) is 33.1 Å². The molecule has 0 aliphatic carbocycles. The third-order valence-electron chi connectivity index (χ3n) is 6.38. The van der Waals surface area contributed by atoms with Gasteiger partial charge in [0.2, 0.25) is 15.9 Å². The minimum absolute atomic E-state index is 0.00385. The van der Waals surface area contributed by atoms with Gasteiger partial charge in [-0.3, -0.25) is 15.1 Å². The number of guanidine groups is 1. The van der Waals surface area contributed by atoms with Crippen LogP contribution in [0.3, 0.4) is 0 Å². The van der Waals surface area contributed by atoms with Crippen molar-refractivity contribution in [3.8, 4) is 11.1 Å². The van der Waals surface area contributed by atoms with Gasteiger partial charge in [-0.15, -0.1) is 11.3 Å². The maximum atomic E-state index is 13.4. The topological polar surface area (TPSA) is 119 Å². The molecule has 0 aromatic carbocycles. The van der Waals surface area contributed by atoms with Gasteiger partial charge in [0.15, 0.2) is 5.96 Å². The van der Waals surface area contributed by atoms with Crippen molar-refractivity contribution in [3.63, 3.8) is 0 Å². The number of thiophene rings is 1. The van der Waals surface area contributed by atoms with Crippen molar-refractivity contribution >= 4 is 33.2 Å². The van der Waals surface area contributed by atoms with Crippen LogP contribution in [0.5, 0.6) is 0 Å². The smallest absolute Gasteiger partial charge is 0.235 e. The molecule has 2 atom stereocenters. The number of carbonyl (C=O) groups excluding carboxylic acids is 1. The first kappa shape index (κ1) is 21.8. The molecule has 11 heteroatoms. The Balaban J connectivity index is 1.68. The van der Waals surface area contributed by atoms with Crippen LogP contribution in [-0.4, -0.2) is 65.9 Å². The molecule has 2 aliphatic rings. The molecule has 0 bridgehead atoms. The Morgan fingerprint density at radius 3 is 2.48 bits per heavy atom. The molecule has 1 amide bonds. The van der Waals surface area contributed by atoms with Gasteiger partial charge in [-0.1, -0.05) is 0 Å². The molecular formula is C20H26N6O3S2. The molecule has 166 valence electrons. The maximum Gasteiger partial charge on any atom is 0.235 e. The largest absolute Gasteiger partial charge is 0.345 e. The molecule has 0 spiro atoms. The normalized spacial score (nSPS) is 26.2. The molecule has 2 aliphatic heterocycles. The summed E-state index contributed by atoms with van der Waals surface area (Å²) in [5, 5.41) is 13.6. The summed E-state index contributed by atoms with van der Waals surface area (Å²) < 4.78 is 25.3. The van der Waals surface area contributed by atoms with E-state index in [0.29, 0.717) is 25.9 Å². The van der Waals surface area contributed by atoms with E-state index in [0.717, 1.165) is 16.0 Å². The Labute approximate surface area is 186 Å². The van der Waals surface area contributed by atoms with Crippen LogP contribution in [0, 0.1) is 17.2 Å². The predicted octanol–water partition coefficient (Wildman–Crippen LogP) is 1.70. The number of sulfonamides is 1. The Morgan fingerprint density at radius 1 is 1.23 bits per heavy atom. The maximum absolute atomic E-state index is 13.4. The van der Waals surface area contributed by atoms with Crippen LogP contribution in [0.25, 0.3) is 11.1 Å². The van der Waals surface area contributed by atoms with E-state index in [1.54, 1.807) is 19.4 Å². The summed E-state index contributed by atoms with van der Waals surface area (Å²) in [6.45, 7) is 2.78. The summed E-state index contributed by atoms with van der Waals surface area (Å²) in [5.41, 5.74) is 1.09. The lowest BCUT2D eigenvalue weighted by Crippen LogP contribution is -2.65. The van der Waals surface area contributed by atoms with E-state index in [2.05, 4.69) is 15.3 Å². The molecule has 31 heavy (non-hydrogen) atoms. The average molecular weight is 463 g/mol. The lowest BCUT2D eigenvalue weighted by molar-refractivity contribution is -0.138. The fourth-order valence-corrected chi connectivity index (χ4v) is 6.56. The first-order valence-electron chi connectivity index (χ1n) is 10.0. The van der Waals surface area contributed by atoms with Crippen LogP contribution in [0.15, 0.2) is 30.2 Å². The predicted molar refractivity (Wildman–Crippen MR) is 119 cm³/mol. The summed E-state index contributed by atoms with van der Waals surface area (Å²) >= 11 is 1.54. The Morgan fingerprint density at radius 2 is 1.87 bits per heavy atom. The number of amides is 1. The number of carbonyl (C=O) groups is 1. The standard InChI is InChI=1S/C20H26N6O3S2/c1-20(16-8-14(11-30-16)15-9-22-12-23-10-15)17(18(27)25(2)19(21)24-20)13-4-6-26(7-5-13)31(3,28)29/h8-13,17H,4-7H2,1-3H3,(H2,21,24)/t17-,20-/m1/s1. The third-order valence-corrected chi connectivity index (χ3v) is 8.85. The van der Waals surface area contributed by atoms with Crippen molar-refractivity contribution in [2.75, 3.05) is 26.4 Å². The summed E-state index contributed by atoms with van der Waals surface area (Å²) in [4.78, 5) is 23.8. The second-order valence-corrected chi connectivity index (χ2v) is 11.3. The van der Waals surface area contributed by atoms with E-state index >= 15 is 0 Å². The van der Waals surface area contributed by atoms with Crippen molar-refractivity contribution in [3.05, 3.63) is 35.0 Å². The van der Waals surface area contributed by atoms with Gasteiger partial charge in [-0.05, 0) is 42.7 Å². The van der Waals surface area contributed by atoms with Gasteiger partial charge < -0.3 is 5.32 Å². The van der Waals surface area contributed by atoms with Gasteiger partial charge >= 0.3 is 0 Å². The average Bonchev–Trinajstić information content (AvgIpc) is 3.24. The zero-order valence-corrected chi connectivity index (χ0v) is 19.3. The molecule has 2 fully saturated rings. The zero-order chi connectivity index (χ0) is 22.4. The van der Waals surface area contributed by atoms with Crippen LogP contribution in [-0.2, 0) is 20.4 Å². The van der Waals surface area contributed by atoms with Crippen LogP contribution in [0.1, 0.15) is 24.6 Å². The van der Waals surface area contributed by atoms with Crippen molar-refractivity contribution < 1.29 is 13.2 Å². The molecule has 2 saturated heterocycles. The van der Waals surface area contributed by atoms with Crippen molar-refractivity contribution in [2.24, 2.45) is 11.8 Å². The summed E-state index contributed by atoms with van der Waals surface area (Å²) in [6, 6.07) is 2.03. The molecule has 0 saturated carbocycles. The van der Waals surface area contributed by atoms with Crippen molar-refractivity contribution in [1.29, 1.82) is 5.41 Å². The number of hydrogen-bond acceptors (Lipinski definition) is 7. The van der Waals surface area contributed by atoms with E-state index < -0.39 is 21.5 Å². The second kappa shape index (κ2) is 7.95. The summed E-state index contributed by atoms with van der Waals surface area (Å²) in [7, 11) is -1.63. The zero-order valence-electron chi connectivity index (χ0n) is 17.7. The highest BCUT2D eigenvalue weighted by molar-refractivity contribution is 7.88. The highest BCUT2D eigenvalue weighted by atomic mass is 32.2. The van der Waals surface area contributed by atoms with Gasteiger partial charge in [0.1, 0.15) is 6.33 Å². The summed E-state index contributed by atoms with van der Waals surface area (Å²) in [5.74, 6) is -0.451. The number of rotatable bonds is 4. The quantitative estimate of drug-likeness (QED) is 0.714. The molecule has 4 rings (SSSR count). The highest BCUT2D eigenvalue weighted by Crippen LogP contribution is 2.45.